The van der Waals surface area contributed by atoms with Gasteiger partial charge in [0.1, 0.15) is 11.1 Å². The molecule has 0 unspecified atom stereocenters. The van der Waals surface area contributed by atoms with Crippen molar-refractivity contribution in [2.45, 2.75) is 20.4 Å². The highest BCUT2D eigenvalue weighted by Crippen LogP contribution is 2.31. The number of nitrogens with one attached hydrogen (secondary N) is 1. The lowest BCUT2D eigenvalue weighted by molar-refractivity contribution is -0.150. The van der Waals surface area contributed by atoms with E-state index in [-0.39, 0.29) is 24.8 Å². The summed E-state index contributed by atoms with van der Waals surface area (Å²) >= 11 is 0. The quantitative estimate of drug-likeness (QED) is 0.631. The second-order valence-electron chi connectivity index (χ2n) is 6.64. The van der Waals surface area contributed by atoms with Crippen LogP contribution in [0.5, 0.6) is 0 Å². The largest absolute Gasteiger partial charge is 0.465 e. The van der Waals surface area contributed by atoms with Crippen LogP contribution in [0.2, 0.25) is 0 Å². The average Bonchev–Trinajstić information content (AvgIpc) is 2.93. The van der Waals surface area contributed by atoms with E-state index < -0.39 is 11.4 Å². The molecule has 1 fully saturated rings. The first-order valence-electron chi connectivity index (χ1n) is 8.94. The molecule has 1 aliphatic heterocycles. The van der Waals surface area contributed by atoms with Crippen molar-refractivity contribution in [1.29, 1.82) is 0 Å². The van der Waals surface area contributed by atoms with E-state index in [1.165, 1.54) is 0 Å². The second kappa shape index (κ2) is 8.03. The molecule has 1 atom stereocenters. The monoisotopic (exact) mass is 365 g/mol. The van der Waals surface area contributed by atoms with Crippen molar-refractivity contribution in [2.75, 3.05) is 18.6 Å². The minimum atomic E-state index is -1.12. The Labute approximate surface area is 158 Å². The molecule has 6 heteroatoms. The first-order chi connectivity index (χ1) is 13.0. The molecule has 0 aromatic heterocycles. The minimum absolute atomic E-state index is 0.167. The number of esters is 1. The van der Waals surface area contributed by atoms with Crippen molar-refractivity contribution in [3.63, 3.8) is 0 Å². The van der Waals surface area contributed by atoms with E-state index in [4.69, 9.17) is 4.74 Å². The first-order valence-corrected chi connectivity index (χ1v) is 8.94. The van der Waals surface area contributed by atoms with Gasteiger partial charge in [0.2, 0.25) is 0 Å². The standard InChI is InChI=1S/C21H23N3O3/c1-3-27-20(26)21(2)15-24(14-16-10-6-4-7-11-16)19(25)18(21)23-22-17-12-8-5-9-13-17/h4-13,22H,3,14-15H2,1-2H3/b23-18-/t21-/m0/s1. The van der Waals surface area contributed by atoms with Crippen molar-refractivity contribution >= 4 is 23.3 Å². The zero-order valence-electron chi connectivity index (χ0n) is 15.5. The van der Waals surface area contributed by atoms with Gasteiger partial charge in [0.25, 0.3) is 5.91 Å². The van der Waals surface area contributed by atoms with E-state index in [1.54, 1.807) is 18.7 Å². The van der Waals surface area contributed by atoms with E-state index in [9.17, 15) is 9.59 Å². The average molecular weight is 365 g/mol. The van der Waals surface area contributed by atoms with Crippen molar-refractivity contribution in [3.8, 4) is 0 Å². The predicted octanol–water partition coefficient (Wildman–Crippen LogP) is 3.07. The normalized spacial score (nSPS) is 20.7. The zero-order chi connectivity index (χ0) is 19.3. The third-order valence-electron chi connectivity index (χ3n) is 4.53. The van der Waals surface area contributed by atoms with Crippen molar-refractivity contribution in [1.82, 2.24) is 4.90 Å². The highest BCUT2D eigenvalue weighted by atomic mass is 16.5. The minimum Gasteiger partial charge on any atom is -0.465 e. The molecule has 2 aromatic rings. The molecule has 140 valence electrons. The summed E-state index contributed by atoms with van der Waals surface area (Å²) in [4.78, 5) is 27.3. The van der Waals surface area contributed by atoms with Crippen LogP contribution in [0.4, 0.5) is 5.69 Å². The highest BCUT2D eigenvalue weighted by Gasteiger charge is 2.52. The van der Waals surface area contributed by atoms with Crippen LogP contribution in [0.1, 0.15) is 19.4 Å². The molecule has 1 aliphatic rings. The number of likely N-dealkylation sites (tertiary alicyclic amines) is 1. The van der Waals surface area contributed by atoms with E-state index in [0.717, 1.165) is 11.3 Å². The van der Waals surface area contributed by atoms with E-state index in [1.807, 2.05) is 60.7 Å². The van der Waals surface area contributed by atoms with Crippen LogP contribution in [0, 0.1) is 5.41 Å². The van der Waals surface area contributed by atoms with Gasteiger partial charge in [0, 0.05) is 13.1 Å². The molecule has 27 heavy (non-hydrogen) atoms. The summed E-state index contributed by atoms with van der Waals surface area (Å²) in [6, 6.07) is 19.0. The number of hydrazone groups is 1. The SMILES string of the molecule is CCOC(=O)[C@@]1(C)CN(Cc2ccccc2)C(=O)/C1=N/Nc1ccccc1. The van der Waals surface area contributed by atoms with Crippen molar-refractivity contribution in [3.05, 3.63) is 66.2 Å². The van der Waals surface area contributed by atoms with Crippen molar-refractivity contribution in [2.24, 2.45) is 10.5 Å². The molecule has 0 radical (unpaired) electrons. The molecule has 6 nitrogen and oxygen atoms in total. The summed E-state index contributed by atoms with van der Waals surface area (Å²) in [6.45, 7) is 4.35. The number of carbonyl (C=O) groups excluding carboxylic acids is 2. The van der Waals surface area contributed by atoms with Gasteiger partial charge in [-0.25, -0.2) is 0 Å². The maximum atomic E-state index is 13.0. The van der Waals surface area contributed by atoms with Crippen LogP contribution in [0.3, 0.4) is 0 Å². The Morgan fingerprint density at radius 3 is 2.41 bits per heavy atom. The lowest BCUT2D eigenvalue weighted by Gasteiger charge is -2.22. The fourth-order valence-electron chi connectivity index (χ4n) is 3.10. The Morgan fingerprint density at radius 1 is 1.15 bits per heavy atom. The van der Waals surface area contributed by atoms with Gasteiger partial charge in [0.05, 0.1) is 12.3 Å². The predicted molar refractivity (Wildman–Crippen MR) is 104 cm³/mol. The number of anilines is 1. The van der Waals surface area contributed by atoms with Crippen LogP contribution in [0.25, 0.3) is 0 Å². The molecule has 0 spiro atoms. The van der Waals surface area contributed by atoms with Gasteiger partial charge in [-0.15, -0.1) is 0 Å². The Balaban J connectivity index is 1.89. The fourth-order valence-corrected chi connectivity index (χ4v) is 3.10. The van der Waals surface area contributed by atoms with Crippen LogP contribution in [0.15, 0.2) is 65.8 Å². The number of hydrogen-bond donors (Lipinski definition) is 1. The molecular formula is C21H23N3O3. The number of ether oxygens (including phenoxy) is 1. The van der Waals surface area contributed by atoms with Gasteiger partial charge in [-0.3, -0.25) is 15.0 Å². The molecule has 0 bridgehead atoms. The third-order valence-corrected chi connectivity index (χ3v) is 4.53. The lowest BCUT2D eigenvalue weighted by atomic mass is 9.88. The first kappa shape index (κ1) is 18.6. The Hall–Kier alpha value is -3.15. The summed E-state index contributed by atoms with van der Waals surface area (Å²) in [6.07, 6.45) is 0. The van der Waals surface area contributed by atoms with Gasteiger partial charge >= 0.3 is 5.97 Å². The molecule has 0 saturated carbocycles. The molecular weight excluding hydrogens is 342 g/mol. The van der Waals surface area contributed by atoms with Gasteiger partial charge in [0.15, 0.2) is 0 Å². The maximum absolute atomic E-state index is 13.0. The van der Waals surface area contributed by atoms with E-state index >= 15 is 0 Å². The summed E-state index contributed by atoms with van der Waals surface area (Å²) in [5.74, 6) is -0.708. The molecule has 1 amide bonds. The van der Waals surface area contributed by atoms with Crippen LogP contribution in [-0.4, -0.2) is 35.6 Å². The molecule has 1 heterocycles. The second-order valence-corrected chi connectivity index (χ2v) is 6.64. The van der Waals surface area contributed by atoms with Crippen molar-refractivity contribution < 1.29 is 14.3 Å². The lowest BCUT2D eigenvalue weighted by Crippen LogP contribution is -2.38. The number of hydrogen-bond acceptors (Lipinski definition) is 5. The van der Waals surface area contributed by atoms with Crippen LogP contribution >= 0.6 is 0 Å². The Morgan fingerprint density at radius 2 is 1.78 bits per heavy atom. The number of benzene rings is 2. The molecule has 1 saturated heterocycles. The number of para-hydroxylation sites is 1. The summed E-state index contributed by atoms with van der Waals surface area (Å²) < 4.78 is 5.23. The van der Waals surface area contributed by atoms with E-state index in [2.05, 4.69) is 10.5 Å². The van der Waals surface area contributed by atoms with Gasteiger partial charge in [-0.2, -0.15) is 5.10 Å². The number of carbonyl (C=O) groups is 2. The van der Waals surface area contributed by atoms with Gasteiger partial charge in [-0.05, 0) is 31.5 Å². The molecule has 0 aliphatic carbocycles. The summed E-state index contributed by atoms with van der Waals surface area (Å²) in [7, 11) is 0. The Kier molecular flexibility index (Phi) is 5.54. The number of nitrogens with zero attached hydrogens (tertiary/aromatic N) is 2. The third kappa shape index (κ3) is 4.00. The summed E-state index contributed by atoms with van der Waals surface area (Å²) in [5.41, 5.74) is 3.67. The van der Waals surface area contributed by atoms with Gasteiger partial charge < -0.3 is 9.64 Å². The fraction of sp³-hybridized carbons (Fsp3) is 0.286. The smallest absolute Gasteiger partial charge is 0.320 e. The van der Waals surface area contributed by atoms with E-state index in [0.29, 0.717) is 6.54 Å². The van der Waals surface area contributed by atoms with Crippen LogP contribution in [-0.2, 0) is 20.9 Å². The summed E-state index contributed by atoms with van der Waals surface area (Å²) in [5, 5.41) is 4.30. The highest BCUT2D eigenvalue weighted by molar-refractivity contribution is 6.46. The molecule has 1 N–H and O–H groups in total. The van der Waals surface area contributed by atoms with Crippen LogP contribution < -0.4 is 5.43 Å². The zero-order valence-corrected chi connectivity index (χ0v) is 15.5. The topological polar surface area (TPSA) is 71.0 Å². The number of rotatable bonds is 6. The number of amides is 1. The molecule has 2 aromatic carbocycles. The molecule has 3 rings (SSSR count). The maximum Gasteiger partial charge on any atom is 0.320 e. The Bertz CT molecular complexity index is 836. The van der Waals surface area contributed by atoms with Gasteiger partial charge in [-0.1, -0.05) is 48.5 Å².